The molecule has 22 heavy (non-hydrogen) atoms. The number of benzene rings is 1. The van der Waals surface area contributed by atoms with Crippen LogP contribution in [-0.2, 0) is 20.9 Å². The van der Waals surface area contributed by atoms with Crippen LogP contribution in [0.2, 0.25) is 0 Å². The molecule has 2 atom stereocenters. The third-order valence-corrected chi connectivity index (χ3v) is 5.79. The molecule has 0 aliphatic carbocycles. The summed E-state index contributed by atoms with van der Waals surface area (Å²) in [6.45, 7) is 0.798. The number of rotatable bonds is 2. The standard InChI is InChI=1S/C16H18INO4/c17-13-7-4-10-18(16(13)9-8-14(19)22-16)15(20)21-11-12-5-2-1-3-6-12/h1-3,5-6,13H,4,7-11H2/t13?,16-/m1/s1. The van der Waals surface area contributed by atoms with Crippen LogP contribution in [-0.4, -0.2) is 33.2 Å². The molecule has 1 aromatic rings. The molecule has 2 fully saturated rings. The average Bonchev–Trinajstić information content (AvgIpc) is 2.91. The van der Waals surface area contributed by atoms with Crippen LogP contribution in [0.1, 0.15) is 31.2 Å². The maximum absolute atomic E-state index is 12.5. The van der Waals surface area contributed by atoms with Crippen LogP contribution in [0.15, 0.2) is 30.3 Å². The predicted molar refractivity (Wildman–Crippen MR) is 88.4 cm³/mol. The SMILES string of the molecule is O=C1CC[C@@]2(O1)C(I)CCCN2C(=O)OCc1ccccc1. The van der Waals surface area contributed by atoms with Crippen molar-refractivity contribution in [2.45, 2.75) is 41.9 Å². The molecule has 2 heterocycles. The maximum atomic E-state index is 12.5. The Morgan fingerprint density at radius 1 is 1.41 bits per heavy atom. The van der Waals surface area contributed by atoms with Crippen molar-refractivity contribution >= 4 is 34.7 Å². The molecule has 0 saturated carbocycles. The highest BCUT2D eigenvalue weighted by Gasteiger charge is 2.54. The van der Waals surface area contributed by atoms with Crippen LogP contribution in [0.5, 0.6) is 0 Å². The minimum absolute atomic E-state index is 0.106. The van der Waals surface area contributed by atoms with E-state index in [9.17, 15) is 9.59 Å². The molecule has 2 aliphatic heterocycles. The van der Waals surface area contributed by atoms with Gasteiger partial charge in [0.2, 0.25) is 5.72 Å². The fourth-order valence-electron chi connectivity index (χ4n) is 3.05. The zero-order valence-electron chi connectivity index (χ0n) is 12.2. The number of ether oxygens (including phenoxy) is 2. The van der Waals surface area contributed by atoms with Crippen molar-refractivity contribution < 1.29 is 19.1 Å². The minimum Gasteiger partial charge on any atom is -0.444 e. The molecule has 6 heteroatoms. The molecule has 1 spiro atoms. The Morgan fingerprint density at radius 2 is 2.18 bits per heavy atom. The summed E-state index contributed by atoms with van der Waals surface area (Å²) in [6.07, 6.45) is 2.35. The largest absolute Gasteiger partial charge is 0.444 e. The highest BCUT2D eigenvalue weighted by Crippen LogP contribution is 2.42. The Kier molecular flexibility index (Phi) is 4.56. The fourth-order valence-corrected chi connectivity index (χ4v) is 4.26. The molecule has 1 amide bonds. The van der Waals surface area contributed by atoms with E-state index in [-0.39, 0.29) is 16.5 Å². The number of halogens is 1. The van der Waals surface area contributed by atoms with E-state index in [0.717, 1.165) is 18.4 Å². The van der Waals surface area contributed by atoms with Gasteiger partial charge in [0.05, 0.1) is 10.3 Å². The van der Waals surface area contributed by atoms with Crippen LogP contribution in [0.4, 0.5) is 4.79 Å². The molecule has 1 aromatic carbocycles. The number of carbonyl (C=O) groups is 2. The smallest absolute Gasteiger partial charge is 0.413 e. The van der Waals surface area contributed by atoms with Crippen LogP contribution in [0, 0.1) is 0 Å². The second-order valence-corrected chi connectivity index (χ2v) is 7.12. The van der Waals surface area contributed by atoms with E-state index in [2.05, 4.69) is 22.6 Å². The van der Waals surface area contributed by atoms with Crippen molar-refractivity contribution in [3.8, 4) is 0 Å². The van der Waals surface area contributed by atoms with Gasteiger partial charge in [-0.1, -0.05) is 52.9 Å². The minimum atomic E-state index is -0.816. The van der Waals surface area contributed by atoms with Crippen molar-refractivity contribution in [1.29, 1.82) is 0 Å². The van der Waals surface area contributed by atoms with Crippen LogP contribution >= 0.6 is 22.6 Å². The van der Waals surface area contributed by atoms with E-state index in [1.165, 1.54) is 0 Å². The van der Waals surface area contributed by atoms with E-state index in [0.29, 0.717) is 19.4 Å². The van der Waals surface area contributed by atoms with E-state index in [1.807, 2.05) is 30.3 Å². The summed E-state index contributed by atoms with van der Waals surface area (Å²) in [6, 6.07) is 9.56. The molecule has 5 nitrogen and oxygen atoms in total. The van der Waals surface area contributed by atoms with Crippen LogP contribution < -0.4 is 0 Å². The summed E-state index contributed by atoms with van der Waals surface area (Å²) in [7, 11) is 0. The van der Waals surface area contributed by atoms with Gasteiger partial charge in [-0.05, 0) is 18.4 Å². The molecular formula is C16H18INO4. The van der Waals surface area contributed by atoms with Gasteiger partial charge in [0.1, 0.15) is 6.61 Å². The van der Waals surface area contributed by atoms with Gasteiger partial charge in [-0.15, -0.1) is 0 Å². The maximum Gasteiger partial charge on any atom is 0.413 e. The van der Waals surface area contributed by atoms with Crippen molar-refractivity contribution in [1.82, 2.24) is 4.90 Å². The topological polar surface area (TPSA) is 55.8 Å². The van der Waals surface area contributed by atoms with Gasteiger partial charge in [0, 0.05) is 13.0 Å². The molecule has 0 bridgehead atoms. The first-order valence-electron chi connectivity index (χ1n) is 7.46. The summed E-state index contributed by atoms with van der Waals surface area (Å²) in [5.74, 6) is -0.232. The predicted octanol–water partition coefficient (Wildman–Crippen LogP) is 3.26. The lowest BCUT2D eigenvalue weighted by Crippen LogP contribution is -2.60. The molecule has 2 saturated heterocycles. The Bertz CT molecular complexity index is 565. The average molecular weight is 415 g/mol. The molecule has 1 unspecified atom stereocenters. The molecule has 0 aromatic heterocycles. The molecule has 2 aliphatic rings. The number of hydrogen-bond donors (Lipinski definition) is 0. The summed E-state index contributed by atoms with van der Waals surface area (Å²) < 4.78 is 11.1. The first-order valence-corrected chi connectivity index (χ1v) is 8.70. The van der Waals surface area contributed by atoms with Crippen molar-refractivity contribution in [2.24, 2.45) is 0 Å². The van der Waals surface area contributed by atoms with Gasteiger partial charge in [0.15, 0.2) is 0 Å². The van der Waals surface area contributed by atoms with Crippen LogP contribution in [0.3, 0.4) is 0 Å². The van der Waals surface area contributed by atoms with Gasteiger partial charge in [-0.25, -0.2) is 4.79 Å². The monoisotopic (exact) mass is 415 g/mol. The number of alkyl halides is 1. The third kappa shape index (κ3) is 2.93. The van der Waals surface area contributed by atoms with E-state index in [1.54, 1.807) is 4.90 Å². The van der Waals surface area contributed by atoms with Crippen molar-refractivity contribution in [3.05, 3.63) is 35.9 Å². The van der Waals surface area contributed by atoms with Gasteiger partial charge in [-0.2, -0.15) is 0 Å². The summed E-state index contributed by atoms with van der Waals surface area (Å²) >= 11 is 2.28. The number of piperidine rings is 1. The molecular weight excluding hydrogens is 397 g/mol. The summed E-state index contributed by atoms with van der Waals surface area (Å²) in [5, 5.41) is 0. The molecule has 118 valence electrons. The lowest BCUT2D eigenvalue weighted by atomic mass is 9.96. The van der Waals surface area contributed by atoms with Crippen molar-refractivity contribution in [3.63, 3.8) is 0 Å². The lowest BCUT2D eigenvalue weighted by Gasteiger charge is -2.45. The quantitative estimate of drug-likeness (QED) is 0.423. The fraction of sp³-hybridized carbons (Fsp3) is 0.500. The number of likely N-dealkylation sites (tertiary alicyclic amines) is 1. The lowest BCUT2D eigenvalue weighted by molar-refractivity contribution is -0.167. The van der Waals surface area contributed by atoms with E-state index in [4.69, 9.17) is 9.47 Å². The highest BCUT2D eigenvalue weighted by molar-refractivity contribution is 14.1. The zero-order chi connectivity index (χ0) is 15.6. The number of carbonyl (C=O) groups excluding carboxylic acids is 2. The highest BCUT2D eigenvalue weighted by atomic mass is 127. The number of hydrogen-bond acceptors (Lipinski definition) is 4. The second kappa shape index (κ2) is 6.44. The first-order chi connectivity index (χ1) is 10.6. The van der Waals surface area contributed by atoms with Crippen LogP contribution in [0.25, 0.3) is 0 Å². The second-order valence-electron chi connectivity index (χ2n) is 5.62. The summed E-state index contributed by atoms with van der Waals surface area (Å²) in [4.78, 5) is 25.7. The Hall–Kier alpha value is -1.31. The molecule has 3 rings (SSSR count). The van der Waals surface area contributed by atoms with E-state index < -0.39 is 11.8 Å². The Morgan fingerprint density at radius 3 is 2.86 bits per heavy atom. The number of esters is 1. The van der Waals surface area contributed by atoms with Gasteiger partial charge in [-0.3, -0.25) is 9.69 Å². The number of amides is 1. The van der Waals surface area contributed by atoms with E-state index >= 15 is 0 Å². The first kappa shape index (κ1) is 15.6. The van der Waals surface area contributed by atoms with Crippen molar-refractivity contribution in [2.75, 3.05) is 6.54 Å². The molecule has 0 N–H and O–H groups in total. The van der Waals surface area contributed by atoms with Gasteiger partial charge in [0.25, 0.3) is 0 Å². The van der Waals surface area contributed by atoms with Gasteiger partial charge < -0.3 is 9.47 Å². The summed E-state index contributed by atoms with van der Waals surface area (Å²) in [5.41, 5.74) is 0.125. The normalized spacial score (nSPS) is 27.8. The Balaban J connectivity index is 1.71. The Labute approximate surface area is 143 Å². The zero-order valence-corrected chi connectivity index (χ0v) is 14.3. The third-order valence-electron chi connectivity index (χ3n) is 4.19. The number of nitrogens with zero attached hydrogens (tertiary/aromatic N) is 1. The molecule has 0 radical (unpaired) electrons. The van der Waals surface area contributed by atoms with Gasteiger partial charge >= 0.3 is 12.1 Å².